The topological polar surface area (TPSA) is 79.0 Å². The van der Waals surface area contributed by atoms with Gasteiger partial charge in [-0.25, -0.2) is 0 Å². The molecule has 1 saturated heterocycles. The van der Waals surface area contributed by atoms with Gasteiger partial charge in [0.05, 0.1) is 23.6 Å². The first-order chi connectivity index (χ1) is 14.9. The number of carbonyl (C=O) groups excluding carboxylic acids is 3. The number of carbonyl (C=O) groups is 3. The fourth-order valence-corrected chi connectivity index (χ4v) is 4.23. The van der Waals surface area contributed by atoms with E-state index in [2.05, 4.69) is 5.32 Å². The Morgan fingerprint density at radius 3 is 2.34 bits per heavy atom. The van der Waals surface area contributed by atoms with Gasteiger partial charge in [-0.2, -0.15) is 0 Å². The molecular weight excluding hydrogens is 430 g/mol. The third-order valence-electron chi connectivity index (χ3n) is 5.80. The molecule has 0 aromatic heterocycles. The van der Waals surface area contributed by atoms with Crippen LogP contribution in [0.1, 0.15) is 40.0 Å². The summed E-state index contributed by atoms with van der Waals surface area (Å²) >= 11 is 0. The minimum atomic E-state index is -0.196. The lowest BCUT2D eigenvalue weighted by molar-refractivity contribution is -0.139. The van der Waals surface area contributed by atoms with Crippen molar-refractivity contribution in [3.8, 4) is 5.75 Å². The van der Waals surface area contributed by atoms with E-state index in [4.69, 9.17) is 4.74 Å². The van der Waals surface area contributed by atoms with Gasteiger partial charge in [-0.1, -0.05) is 24.3 Å². The molecule has 32 heavy (non-hydrogen) atoms. The molecular formula is C24H34ClN3O4. The van der Waals surface area contributed by atoms with Gasteiger partial charge in [0.1, 0.15) is 5.75 Å². The minimum Gasteiger partial charge on any atom is -0.489 e. The Bertz CT molecular complexity index is 816. The maximum atomic E-state index is 12.6. The average molecular weight is 464 g/mol. The van der Waals surface area contributed by atoms with Gasteiger partial charge in [-0.05, 0) is 45.2 Å². The number of likely N-dealkylation sites (tertiary alicyclic amines) is 1. The SMILES string of the molecule is CC(=O)N(CCCN1C(=O)C2CC=CCC2C1=O)CCNc1ccccc1OC(C)C.Cl. The Balaban J connectivity index is 0.00000363. The molecule has 7 nitrogen and oxygen atoms in total. The lowest BCUT2D eigenvalue weighted by Crippen LogP contribution is -2.37. The van der Waals surface area contributed by atoms with Crippen molar-refractivity contribution in [3.05, 3.63) is 36.4 Å². The van der Waals surface area contributed by atoms with Crippen LogP contribution in [-0.2, 0) is 14.4 Å². The van der Waals surface area contributed by atoms with E-state index in [9.17, 15) is 14.4 Å². The third-order valence-corrected chi connectivity index (χ3v) is 5.80. The highest BCUT2D eigenvalue weighted by Crippen LogP contribution is 2.35. The van der Waals surface area contributed by atoms with E-state index in [0.717, 1.165) is 11.4 Å². The summed E-state index contributed by atoms with van der Waals surface area (Å²) in [5, 5.41) is 3.34. The number of ether oxygens (including phenoxy) is 1. The molecule has 1 aliphatic heterocycles. The maximum absolute atomic E-state index is 12.6. The number of imide groups is 1. The molecule has 0 bridgehead atoms. The fraction of sp³-hybridized carbons (Fsp3) is 0.542. The van der Waals surface area contributed by atoms with E-state index in [0.29, 0.717) is 45.4 Å². The molecule has 3 rings (SSSR count). The van der Waals surface area contributed by atoms with Gasteiger partial charge < -0.3 is 15.0 Å². The van der Waals surface area contributed by atoms with Crippen molar-refractivity contribution in [1.82, 2.24) is 9.80 Å². The molecule has 3 amide bonds. The predicted octanol–water partition coefficient (Wildman–Crippen LogP) is 3.50. The monoisotopic (exact) mass is 463 g/mol. The summed E-state index contributed by atoms with van der Waals surface area (Å²) in [6.45, 7) is 7.49. The van der Waals surface area contributed by atoms with Crippen LogP contribution in [-0.4, -0.2) is 59.8 Å². The van der Waals surface area contributed by atoms with Crippen molar-refractivity contribution in [2.75, 3.05) is 31.5 Å². The lowest BCUT2D eigenvalue weighted by Gasteiger charge is -2.23. The van der Waals surface area contributed by atoms with Crippen LogP contribution in [0.4, 0.5) is 5.69 Å². The second-order valence-electron chi connectivity index (χ2n) is 8.43. The van der Waals surface area contributed by atoms with E-state index < -0.39 is 0 Å². The highest BCUT2D eigenvalue weighted by molar-refractivity contribution is 6.05. The van der Waals surface area contributed by atoms with E-state index in [1.807, 2.05) is 50.3 Å². The Labute approximate surface area is 196 Å². The number of nitrogens with one attached hydrogen (secondary N) is 1. The number of nitrogens with zero attached hydrogens (tertiary/aromatic N) is 2. The third kappa shape index (κ3) is 6.25. The number of halogens is 1. The highest BCUT2D eigenvalue weighted by Gasteiger charge is 2.46. The molecule has 0 saturated carbocycles. The summed E-state index contributed by atoms with van der Waals surface area (Å²) in [6.07, 6.45) is 5.94. The Morgan fingerprint density at radius 1 is 1.12 bits per heavy atom. The zero-order valence-electron chi connectivity index (χ0n) is 19.1. The van der Waals surface area contributed by atoms with Gasteiger partial charge >= 0.3 is 0 Å². The minimum absolute atomic E-state index is 0. The standard InChI is InChI=1S/C24H33N3O4.ClH/c1-17(2)31-22-12-7-6-11-21(22)25-13-16-26(18(3)28)14-8-15-27-23(29)19-9-4-5-10-20(19)24(27)30;/h4-7,11-12,17,19-20,25H,8-10,13-16H2,1-3H3;1H. The number of allylic oxidation sites excluding steroid dienone is 2. The number of para-hydroxylation sites is 2. The van der Waals surface area contributed by atoms with Crippen molar-refractivity contribution >= 4 is 35.8 Å². The van der Waals surface area contributed by atoms with Crippen LogP contribution < -0.4 is 10.1 Å². The molecule has 2 unspecified atom stereocenters. The highest BCUT2D eigenvalue weighted by atomic mass is 35.5. The Morgan fingerprint density at radius 2 is 1.75 bits per heavy atom. The first kappa shape index (κ1) is 25.7. The molecule has 0 radical (unpaired) electrons. The van der Waals surface area contributed by atoms with E-state index in [1.165, 1.54) is 4.90 Å². The van der Waals surface area contributed by atoms with Crippen LogP contribution in [0.25, 0.3) is 0 Å². The molecule has 2 atom stereocenters. The van der Waals surface area contributed by atoms with Gasteiger partial charge in [0, 0.05) is 33.1 Å². The number of benzene rings is 1. The molecule has 1 heterocycles. The van der Waals surface area contributed by atoms with E-state index >= 15 is 0 Å². The molecule has 2 aliphatic rings. The van der Waals surface area contributed by atoms with E-state index in [1.54, 1.807) is 11.8 Å². The molecule has 0 spiro atoms. The summed E-state index contributed by atoms with van der Waals surface area (Å²) in [5.41, 5.74) is 0.893. The van der Waals surface area contributed by atoms with Crippen LogP contribution in [0, 0.1) is 11.8 Å². The lowest BCUT2D eigenvalue weighted by atomic mass is 9.85. The largest absolute Gasteiger partial charge is 0.489 e. The van der Waals surface area contributed by atoms with Crippen molar-refractivity contribution < 1.29 is 19.1 Å². The molecule has 176 valence electrons. The van der Waals surface area contributed by atoms with Crippen LogP contribution in [0.15, 0.2) is 36.4 Å². The molecule has 1 aromatic carbocycles. The average Bonchev–Trinajstić information content (AvgIpc) is 2.98. The van der Waals surface area contributed by atoms with Crippen molar-refractivity contribution in [2.24, 2.45) is 11.8 Å². The second-order valence-corrected chi connectivity index (χ2v) is 8.43. The Kier molecular flexibility index (Phi) is 9.57. The van der Waals surface area contributed by atoms with Gasteiger partial charge in [0.15, 0.2) is 0 Å². The number of hydrogen-bond donors (Lipinski definition) is 1. The molecule has 1 fully saturated rings. The van der Waals surface area contributed by atoms with Crippen molar-refractivity contribution in [2.45, 2.75) is 46.1 Å². The summed E-state index contributed by atoms with van der Waals surface area (Å²) in [7, 11) is 0. The summed E-state index contributed by atoms with van der Waals surface area (Å²) in [4.78, 5) is 40.4. The molecule has 1 aliphatic carbocycles. The van der Waals surface area contributed by atoms with Crippen LogP contribution in [0.2, 0.25) is 0 Å². The van der Waals surface area contributed by atoms with Crippen LogP contribution >= 0.6 is 12.4 Å². The van der Waals surface area contributed by atoms with Gasteiger partial charge in [-0.15, -0.1) is 12.4 Å². The number of fused-ring (bicyclic) bond motifs is 1. The fourth-order valence-electron chi connectivity index (χ4n) is 4.23. The molecule has 8 heteroatoms. The van der Waals surface area contributed by atoms with E-state index in [-0.39, 0.29) is 48.1 Å². The zero-order chi connectivity index (χ0) is 22.4. The predicted molar refractivity (Wildman–Crippen MR) is 127 cm³/mol. The number of rotatable bonds is 10. The molecule has 1 N–H and O–H groups in total. The first-order valence-electron chi connectivity index (χ1n) is 11.1. The zero-order valence-corrected chi connectivity index (χ0v) is 19.9. The van der Waals surface area contributed by atoms with Crippen LogP contribution in [0.3, 0.4) is 0 Å². The first-order valence-corrected chi connectivity index (χ1v) is 11.1. The molecule has 1 aromatic rings. The van der Waals surface area contributed by atoms with Crippen LogP contribution in [0.5, 0.6) is 5.75 Å². The summed E-state index contributed by atoms with van der Waals surface area (Å²) in [5.74, 6) is 0.256. The maximum Gasteiger partial charge on any atom is 0.233 e. The normalized spacial score (nSPS) is 19.6. The quantitative estimate of drug-likeness (QED) is 0.424. The van der Waals surface area contributed by atoms with Crippen molar-refractivity contribution in [3.63, 3.8) is 0 Å². The summed E-state index contributed by atoms with van der Waals surface area (Å²) < 4.78 is 5.82. The smallest absolute Gasteiger partial charge is 0.233 e. The number of amides is 3. The summed E-state index contributed by atoms with van der Waals surface area (Å²) in [6, 6.07) is 7.74. The van der Waals surface area contributed by atoms with Gasteiger partial charge in [0.25, 0.3) is 0 Å². The second kappa shape index (κ2) is 11.9. The van der Waals surface area contributed by atoms with Gasteiger partial charge in [0.2, 0.25) is 17.7 Å². The van der Waals surface area contributed by atoms with Gasteiger partial charge in [-0.3, -0.25) is 19.3 Å². The number of hydrogen-bond acceptors (Lipinski definition) is 5. The van der Waals surface area contributed by atoms with Crippen molar-refractivity contribution in [1.29, 1.82) is 0 Å². The number of anilines is 1. The Hall–Kier alpha value is -2.54.